The predicted molar refractivity (Wildman–Crippen MR) is 109 cm³/mol. The van der Waals surface area contributed by atoms with Crippen molar-refractivity contribution in [3.05, 3.63) is 87.5 Å². The second-order valence-electron chi connectivity index (χ2n) is 5.94. The first kappa shape index (κ1) is 18.4. The lowest BCUT2D eigenvalue weighted by Gasteiger charge is -2.04. The molecule has 0 aliphatic heterocycles. The highest BCUT2D eigenvalue weighted by Gasteiger charge is 2.11. The third-order valence-electron chi connectivity index (χ3n) is 3.93. The number of rotatable bonds is 6. The number of thiazole rings is 1. The predicted octanol–water partition coefficient (Wildman–Crippen LogP) is 5.28. The zero-order chi connectivity index (χ0) is 19.3. The van der Waals surface area contributed by atoms with Crippen molar-refractivity contribution in [1.82, 2.24) is 9.97 Å². The number of carbonyl (C=O) groups excluding carboxylic acids is 1. The molecule has 2 heterocycles. The van der Waals surface area contributed by atoms with Crippen LogP contribution in [0.2, 0.25) is 5.02 Å². The quantitative estimate of drug-likeness (QED) is 0.404. The number of benzene rings is 2. The Bertz CT molecular complexity index is 1110. The average molecular weight is 411 g/mol. The van der Waals surface area contributed by atoms with Crippen LogP contribution in [-0.4, -0.2) is 15.9 Å². The molecule has 28 heavy (non-hydrogen) atoms. The van der Waals surface area contributed by atoms with Crippen LogP contribution in [0.5, 0.6) is 5.75 Å². The van der Waals surface area contributed by atoms with E-state index in [1.54, 1.807) is 30.3 Å². The average Bonchev–Trinajstić information content (AvgIpc) is 3.19. The van der Waals surface area contributed by atoms with Gasteiger partial charge in [0.25, 0.3) is 0 Å². The molecule has 140 valence electrons. The van der Waals surface area contributed by atoms with Gasteiger partial charge in [-0.15, -0.1) is 11.3 Å². The molecule has 0 fully saturated rings. The number of halogens is 1. The van der Waals surface area contributed by atoms with Gasteiger partial charge in [-0.25, -0.2) is 14.8 Å². The monoisotopic (exact) mass is 410 g/mol. The van der Waals surface area contributed by atoms with Crippen LogP contribution in [0, 0.1) is 0 Å². The Labute approximate surface area is 170 Å². The number of aromatic nitrogens is 2. The zero-order valence-electron chi connectivity index (χ0n) is 14.7. The lowest BCUT2D eigenvalue weighted by molar-refractivity contribution is 0.0461. The number of fused-ring (bicyclic) bond motifs is 1. The third kappa shape index (κ3) is 4.47. The highest BCUT2D eigenvalue weighted by molar-refractivity contribution is 7.09. The van der Waals surface area contributed by atoms with Gasteiger partial charge in [0, 0.05) is 15.8 Å². The van der Waals surface area contributed by atoms with Crippen molar-refractivity contribution in [3.63, 3.8) is 0 Å². The van der Waals surface area contributed by atoms with Crippen LogP contribution in [0.4, 0.5) is 0 Å². The van der Waals surface area contributed by atoms with E-state index >= 15 is 0 Å². The number of carbonyl (C=O) groups is 1. The van der Waals surface area contributed by atoms with E-state index in [-0.39, 0.29) is 12.3 Å². The fourth-order valence-electron chi connectivity index (χ4n) is 2.55. The highest BCUT2D eigenvalue weighted by atomic mass is 35.5. The largest absolute Gasteiger partial charge is 0.486 e. The Kier molecular flexibility index (Phi) is 5.50. The van der Waals surface area contributed by atoms with E-state index in [9.17, 15) is 4.79 Å². The number of hydrogen-bond donors (Lipinski definition) is 0. The molecule has 2 aromatic heterocycles. The molecule has 0 spiro atoms. The van der Waals surface area contributed by atoms with Crippen LogP contribution in [0.1, 0.15) is 21.2 Å². The molecule has 0 unspecified atom stereocenters. The first-order valence-corrected chi connectivity index (χ1v) is 9.78. The summed E-state index contributed by atoms with van der Waals surface area (Å²) in [4.78, 5) is 21.0. The minimum atomic E-state index is -0.474. The SMILES string of the molecule is O=C(OCc1csc(COc2ccc(Cl)cc2)n1)c1ccc2ccccc2n1. The van der Waals surface area contributed by atoms with Crippen molar-refractivity contribution < 1.29 is 14.3 Å². The van der Waals surface area contributed by atoms with Crippen LogP contribution < -0.4 is 4.74 Å². The zero-order valence-corrected chi connectivity index (χ0v) is 16.2. The first-order valence-electron chi connectivity index (χ1n) is 8.52. The van der Waals surface area contributed by atoms with E-state index in [0.29, 0.717) is 17.3 Å². The Morgan fingerprint density at radius 2 is 1.79 bits per heavy atom. The lowest BCUT2D eigenvalue weighted by atomic mass is 10.2. The molecule has 0 aliphatic rings. The fraction of sp³-hybridized carbons (Fsp3) is 0.0952. The topological polar surface area (TPSA) is 61.3 Å². The van der Waals surface area contributed by atoms with Crippen LogP contribution in [0.25, 0.3) is 10.9 Å². The summed E-state index contributed by atoms with van der Waals surface area (Å²) in [6, 6.07) is 18.3. The molecular formula is C21H15ClN2O3S. The van der Waals surface area contributed by atoms with E-state index in [1.165, 1.54) is 11.3 Å². The van der Waals surface area contributed by atoms with Crippen molar-refractivity contribution in [1.29, 1.82) is 0 Å². The molecule has 0 aliphatic carbocycles. The van der Waals surface area contributed by atoms with Gasteiger partial charge in [-0.3, -0.25) is 0 Å². The number of nitrogens with zero attached hydrogens (tertiary/aromatic N) is 2. The van der Waals surface area contributed by atoms with Crippen molar-refractivity contribution in [2.45, 2.75) is 13.2 Å². The number of ether oxygens (including phenoxy) is 2. The second-order valence-corrected chi connectivity index (χ2v) is 7.32. The van der Waals surface area contributed by atoms with E-state index in [1.807, 2.05) is 35.7 Å². The first-order chi connectivity index (χ1) is 13.7. The van der Waals surface area contributed by atoms with Crippen LogP contribution in [0.3, 0.4) is 0 Å². The molecule has 4 aromatic rings. The van der Waals surface area contributed by atoms with Crippen molar-refractivity contribution in [2.24, 2.45) is 0 Å². The Morgan fingerprint density at radius 3 is 2.64 bits per heavy atom. The molecule has 5 nitrogen and oxygen atoms in total. The summed E-state index contributed by atoms with van der Waals surface area (Å²) in [5.41, 5.74) is 1.71. The molecule has 0 bridgehead atoms. The number of para-hydroxylation sites is 1. The minimum Gasteiger partial charge on any atom is -0.486 e. The summed E-state index contributed by atoms with van der Waals surface area (Å²) in [6.07, 6.45) is 0. The second kappa shape index (κ2) is 8.37. The minimum absolute atomic E-state index is 0.0881. The molecule has 2 aromatic carbocycles. The summed E-state index contributed by atoms with van der Waals surface area (Å²) >= 11 is 7.31. The molecule has 7 heteroatoms. The van der Waals surface area contributed by atoms with Gasteiger partial charge in [0.1, 0.15) is 29.7 Å². The van der Waals surface area contributed by atoms with Crippen LogP contribution >= 0.6 is 22.9 Å². The van der Waals surface area contributed by atoms with Gasteiger partial charge in [0.2, 0.25) is 0 Å². The number of esters is 1. The Morgan fingerprint density at radius 1 is 0.964 bits per heavy atom. The molecule has 0 atom stereocenters. The molecule has 0 saturated heterocycles. The molecular weight excluding hydrogens is 396 g/mol. The molecule has 0 amide bonds. The number of hydrogen-bond acceptors (Lipinski definition) is 6. The molecule has 0 N–H and O–H groups in total. The summed E-state index contributed by atoms with van der Waals surface area (Å²) in [5.74, 6) is 0.243. The normalized spacial score (nSPS) is 10.8. The van der Waals surface area contributed by atoms with E-state index in [4.69, 9.17) is 21.1 Å². The maximum atomic E-state index is 12.3. The maximum absolute atomic E-state index is 12.3. The van der Waals surface area contributed by atoms with E-state index in [2.05, 4.69) is 9.97 Å². The van der Waals surface area contributed by atoms with Gasteiger partial charge in [-0.05, 0) is 36.4 Å². The van der Waals surface area contributed by atoms with Crippen LogP contribution in [-0.2, 0) is 18.0 Å². The maximum Gasteiger partial charge on any atom is 0.357 e. The van der Waals surface area contributed by atoms with Gasteiger partial charge in [-0.1, -0.05) is 35.9 Å². The third-order valence-corrected chi connectivity index (χ3v) is 5.06. The van der Waals surface area contributed by atoms with Crippen molar-refractivity contribution in [3.8, 4) is 5.75 Å². The molecule has 0 radical (unpaired) electrons. The summed E-state index contributed by atoms with van der Waals surface area (Å²) in [6.45, 7) is 0.428. The summed E-state index contributed by atoms with van der Waals surface area (Å²) in [7, 11) is 0. The standard InChI is InChI=1S/C21H15ClN2O3S/c22-15-6-8-17(9-7-15)26-12-20-23-16(13-28-20)11-27-21(25)19-10-5-14-3-1-2-4-18(14)24-19/h1-10,13H,11-12H2. The highest BCUT2D eigenvalue weighted by Crippen LogP contribution is 2.19. The number of pyridine rings is 1. The van der Waals surface area contributed by atoms with Crippen molar-refractivity contribution >= 4 is 39.8 Å². The van der Waals surface area contributed by atoms with Crippen molar-refractivity contribution in [2.75, 3.05) is 0 Å². The smallest absolute Gasteiger partial charge is 0.357 e. The van der Waals surface area contributed by atoms with E-state index < -0.39 is 5.97 Å². The van der Waals surface area contributed by atoms with Crippen LogP contribution in [0.15, 0.2) is 66.0 Å². The van der Waals surface area contributed by atoms with Gasteiger partial charge in [0.15, 0.2) is 0 Å². The Balaban J connectivity index is 1.33. The Hall–Kier alpha value is -2.96. The van der Waals surface area contributed by atoms with E-state index in [0.717, 1.165) is 21.7 Å². The fourth-order valence-corrected chi connectivity index (χ4v) is 3.37. The van der Waals surface area contributed by atoms with Gasteiger partial charge in [-0.2, -0.15) is 0 Å². The summed E-state index contributed by atoms with van der Waals surface area (Å²) in [5, 5.41) is 4.28. The van der Waals surface area contributed by atoms with Gasteiger partial charge < -0.3 is 9.47 Å². The molecule has 0 saturated carbocycles. The lowest BCUT2D eigenvalue weighted by Crippen LogP contribution is -2.07. The van der Waals surface area contributed by atoms with Gasteiger partial charge in [0.05, 0.1) is 11.2 Å². The summed E-state index contributed by atoms with van der Waals surface area (Å²) < 4.78 is 11.0. The molecule has 4 rings (SSSR count). The van der Waals surface area contributed by atoms with Gasteiger partial charge >= 0.3 is 5.97 Å².